The molecule has 1 aromatic heterocycles. The van der Waals surface area contributed by atoms with E-state index in [-0.39, 0.29) is 23.4 Å². The molecule has 10 heteroatoms. The van der Waals surface area contributed by atoms with E-state index in [1.54, 1.807) is 47.8 Å². The van der Waals surface area contributed by atoms with E-state index in [1.807, 2.05) is 0 Å². The summed E-state index contributed by atoms with van der Waals surface area (Å²) in [5, 5.41) is 7.06. The van der Waals surface area contributed by atoms with Crippen LogP contribution in [0.1, 0.15) is 34.1 Å². The van der Waals surface area contributed by atoms with Crippen LogP contribution in [-0.4, -0.2) is 43.5 Å². The molecule has 0 aliphatic carbocycles. The van der Waals surface area contributed by atoms with Crippen LogP contribution in [0.2, 0.25) is 5.02 Å². The lowest BCUT2D eigenvalue weighted by atomic mass is 10.0. The number of amides is 3. The zero-order valence-corrected chi connectivity index (χ0v) is 20.9. The van der Waals surface area contributed by atoms with Gasteiger partial charge in [-0.25, -0.2) is 4.39 Å². The number of hydrogen-bond donors (Lipinski definition) is 2. The van der Waals surface area contributed by atoms with Crippen molar-refractivity contribution in [2.75, 3.05) is 24.6 Å². The highest BCUT2D eigenvalue weighted by Gasteiger charge is 2.33. The van der Waals surface area contributed by atoms with Crippen LogP contribution >= 0.6 is 22.9 Å². The van der Waals surface area contributed by atoms with Crippen LogP contribution in [0.4, 0.5) is 10.1 Å². The summed E-state index contributed by atoms with van der Waals surface area (Å²) in [5.74, 6) is -2.06. The van der Waals surface area contributed by atoms with Crippen molar-refractivity contribution in [1.82, 2.24) is 10.6 Å². The molecule has 0 bridgehead atoms. The highest BCUT2D eigenvalue weighted by Crippen LogP contribution is 2.31. The summed E-state index contributed by atoms with van der Waals surface area (Å²) in [6.45, 7) is 0.558. The van der Waals surface area contributed by atoms with Crippen LogP contribution in [0.25, 0.3) is 0 Å². The van der Waals surface area contributed by atoms with Gasteiger partial charge in [-0.3, -0.25) is 19.3 Å². The van der Waals surface area contributed by atoms with Gasteiger partial charge in [-0.1, -0.05) is 48.0 Å². The normalized spacial score (nSPS) is 15.8. The Hall–Kier alpha value is -3.27. The summed E-state index contributed by atoms with van der Waals surface area (Å²) in [6.07, 6.45) is 1.66. The van der Waals surface area contributed by atoms with Gasteiger partial charge >= 0.3 is 0 Å². The van der Waals surface area contributed by atoms with E-state index >= 15 is 0 Å². The maximum Gasteiger partial charge on any atom is 0.261 e. The molecule has 4 rings (SSSR count). The molecule has 3 aromatic rings. The summed E-state index contributed by atoms with van der Waals surface area (Å²) in [4.78, 5) is 41.3. The van der Waals surface area contributed by atoms with Crippen LogP contribution in [0.3, 0.4) is 0 Å². The van der Waals surface area contributed by atoms with Gasteiger partial charge in [0.1, 0.15) is 11.9 Å². The molecule has 0 spiro atoms. The fraction of sp³-hybridized carbons (Fsp3) is 0.269. The largest absolute Gasteiger partial charge is 0.376 e. The molecule has 1 aliphatic heterocycles. The van der Waals surface area contributed by atoms with Gasteiger partial charge in [0.05, 0.1) is 22.5 Å². The van der Waals surface area contributed by atoms with Crippen LogP contribution in [0, 0.1) is 5.82 Å². The van der Waals surface area contributed by atoms with Gasteiger partial charge in [0.25, 0.3) is 5.91 Å². The zero-order chi connectivity index (χ0) is 25.5. The number of carbonyl (C=O) groups is 3. The van der Waals surface area contributed by atoms with Gasteiger partial charge in [0, 0.05) is 18.8 Å². The maximum absolute atomic E-state index is 14.0. The van der Waals surface area contributed by atoms with Crippen LogP contribution < -0.4 is 15.5 Å². The Labute approximate surface area is 217 Å². The molecule has 2 aromatic carbocycles. The number of thiophene rings is 1. The maximum atomic E-state index is 14.0. The Morgan fingerprint density at radius 3 is 2.58 bits per heavy atom. The number of halogens is 2. The summed E-state index contributed by atoms with van der Waals surface area (Å²) in [6, 6.07) is 14.9. The highest BCUT2D eigenvalue weighted by atomic mass is 35.5. The van der Waals surface area contributed by atoms with Crippen molar-refractivity contribution in [2.45, 2.75) is 25.0 Å². The van der Waals surface area contributed by atoms with Gasteiger partial charge in [-0.2, -0.15) is 0 Å². The van der Waals surface area contributed by atoms with Crippen molar-refractivity contribution in [1.29, 1.82) is 0 Å². The first-order valence-electron chi connectivity index (χ1n) is 11.5. The number of nitrogens with one attached hydrogen (secondary N) is 2. The Bertz CT molecular complexity index is 1200. The number of carbonyl (C=O) groups excluding carboxylic acids is 3. The van der Waals surface area contributed by atoms with Gasteiger partial charge < -0.3 is 15.4 Å². The molecule has 0 unspecified atom stereocenters. The third-order valence-corrected chi connectivity index (χ3v) is 6.90. The second-order valence-electron chi connectivity index (χ2n) is 8.22. The fourth-order valence-corrected chi connectivity index (χ4v) is 4.79. The van der Waals surface area contributed by atoms with E-state index < -0.39 is 29.6 Å². The fourth-order valence-electron chi connectivity index (χ4n) is 3.98. The second-order valence-corrected chi connectivity index (χ2v) is 9.57. The summed E-state index contributed by atoms with van der Waals surface area (Å²) in [7, 11) is 0. The molecule has 188 valence electrons. The molecular formula is C26H25ClFN3O4S. The van der Waals surface area contributed by atoms with Gasteiger partial charge in [-0.05, 0) is 48.1 Å². The van der Waals surface area contributed by atoms with Crippen molar-refractivity contribution in [2.24, 2.45) is 0 Å². The van der Waals surface area contributed by atoms with Crippen LogP contribution in [-0.2, 0) is 14.3 Å². The molecule has 1 fully saturated rings. The summed E-state index contributed by atoms with van der Waals surface area (Å²) >= 11 is 7.28. The topological polar surface area (TPSA) is 87.7 Å². The van der Waals surface area contributed by atoms with Crippen LogP contribution in [0.15, 0.2) is 66.0 Å². The lowest BCUT2D eigenvalue weighted by molar-refractivity contribution is -0.126. The smallest absolute Gasteiger partial charge is 0.261 e. The van der Waals surface area contributed by atoms with Gasteiger partial charge in [-0.15, -0.1) is 11.3 Å². The molecule has 2 heterocycles. The molecule has 0 radical (unpaired) electrons. The number of benzene rings is 2. The van der Waals surface area contributed by atoms with Crippen molar-refractivity contribution in [3.8, 4) is 0 Å². The summed E-state index contributed by atoms with van der Waals surface area (Å²) in [5.41, 5.74) is 0.763. The minimum atomic E-state index is -1.10. The van der Waals surface area contributed by atoms with E-state index in [9.17, 15) is 18.8 Å². The summed E-state index contributed by atoms with van der Waals surface area (Å²) < 4.78 is 19.6. The van der Waals surface area contributed by atoms with E-state index in [1.165, 1.54) is 28.4 Å². The Morgan fingerprint density at radius 1 is 1.11 bits per heavy atom. The molecule has 1 aliphatic rings. The Kier molecular flexibility index (Phi) is 8.69. The molecule has 2 N–H and O–H groups in total. The monoisotopic (exact) mass is 529 g/mol. The molecule has 1 saturated heterocycles. The lowest BCUT2D eigenvalue weighted by Gasteiger charge is -2.32. The van der Waals surface area contributed by atoms with Crippen molar-refractivity contribution in [3.63, 3.8) is 0 Å². The number of ether oxygens (including phenoxy) is 1. The third-order valence-electron chi connectivity index (χ3n) is 5.74. The standard InChI is InChI=1S/C26H25ClFN3O4S/c27-20-14-18(10-11-21(20)28)31(23(32)16-30-25(33)22-9-5-13-36-22)24(17-6-2-1-3-7-17)26(34)29-15-19-8-4-12-35-19/h1-3,5-7,9-11,13-14,19,24H,4,8,12,15-16H2,(H,29,34)(H,30,33)/t19-,24-/m1/s1. The number of nitrogens with zero attached hydrogens (tertiary/aromatic N) is 1. The molecule has 7 nitrogen and oxygen atoms in total. The van der Waals surface area contributed by atoms with E-state index in [4.69, 9.17) is 16.3 Å². The van der Waals surface area contributed by atoms with E-state index in [2.05, 4.69) is 10.6 Å². The predicted molar refractivity (Wildman–Crippen MR) is 137 cm³/mol. The highest BCUT2D eigenvalue weighted by molar-refractivity contribution is 7.12. The SMILES string of the molecule is O=C(NCC(=O)N(c1ccc(F)c(Cl)c1)[C@@H](C(=O)NC[C@H]1CCCO1)c1ccccc1)c1cccs1. The second kappa shape index (κ2) is 12.1. The Balaban J connectivity index is 1.65. The molecule has 2 atom stereocenters. The van der Waals surface area contributed by atoms with Crippen molar-refractivity contribution in [3.05, 3.63) is 87.3 Å². The average molecular weight is 530 g/mol. The first kappa shape index (κ1) is 25.8. The average Bonchev–Trinajstić information content (AvgIpc) is 3.61. The number of anilines is 1. The van der Waals surface area contributed by atoms with Crippen molar-refractivity contribution < 1.29 is 23.5 Å². The van der Waals surface area contributed by atoms with E-state index in [0.717, 1.165) is 18.9 Å². The minimum Gasteiger partial charge on any atom is -0.376 e. The van der Waals surface area contributed by atoms with Crippen molar-refractivity contribution >= 4 is 46.3 Å². The first-order chi connectivity index (χ1) is 17.4. The lowest BCUT2D eigenvalue weighted by Crippen LogP contribution is -2.48. The van der Waals surface area contributed by atoms with Gasteiger partial charge in [0.15, 0.2) is 0 Å². The zero-order valence-electron chi connectivity index (χ0n) is 19.3. The molecular weight excluding hydrogens is 505 g/mol. The van der Waals surface area contributed by atoms with Crippen LogP contribution in [0.5, 0.6) is 0 Å². The number of rotatable bonds is 9. The third kappa shape index (κ3) is 6.29. The minimum absolute atomic E-state index is 0.0973. The molecule has 3 amide bonds. The quantitative estimate of drug-likeness (QED) is 0.431. The predicted octanol–water partition coefficient (Wildman–Crippen LogP) is 4.34. The molecule has 36 heavy (non-hydrogen) atoms. The molecule has 0 saturated carbocycles. The first-order valence-corrected chi connectivity index (χ1v) is 12.7. The van der Waals surface area contributed by atoms with E-state index in [0.29, 0.717) is 23.6 Å². The Morgan fingerprint density at radius 2 is 1.92 bits per heavy atom. The van der Waals surface area contributed by atoms with Gasteiger partial charge in [0.2, 0.25) is 11.8 Å². The number of hydrogen-bond acceptors (Lipinski definition) is 5.